The number of carbonyl (C=O) groups excluding carboxylic acids is 1. The number of benzene rings is 1. The van der Waals surface area contributed by atoms with Crippen molar-refractivity contribution in [2.24, 2.45) is 7.05 Å². The predicted octanol–water partition coefficient (Wildman–Crippen LogP) is 0.909. The van der Waals surface area contributed by atoms with Crippen molar-refractivity contribution in [2.75, 3.05) is 56.0 Å². The summed E-state index contributed by atoms with van der Waals surface area (Å²) in [6.45, 7) is 4.36. The molecule has 5 rings (SSSR count). The van der Waals surface area contributed by atoms with Gasteiger partial charge in [0.05, 0.1) is 23.0 Å². The van der Waals surface area contributed by atoms with Gasteiger partial charge in [0.15, 0.2) is 5.65 Å². The second-order valence-electron chi connectivity index (χ2n) is 8.65. The first-order valence-corrected chi connectivity index (χ1v) is 12.9. The summed E-state index contributed by atoms with van der Waals surface area (Å²) < 4.78 is 28.5. The van der Waals surface area contributed by atoms with E-state index in [-0.39, 0.29) is 17.3 Å². The van der Waals surface area contributed by atoms with Crippen LogP contribution in [0.15, 0.2) is 41.7 Å². The Kier molecular flexibility index (Phi) is 6.19. The van der Waals surface area contributed by atoms with E-state index in [1.54, 1.807) is 41.5 Å². The predicted molar refractivity (Wildman–Crippen MR) is 128 cm³/mol. The molecule has 0 unspecified atom stereocenters. The molecule has 0 spiro atoms. The van der Waals surface area contributed by atoms with Crippen molar-refractivity contribution in [3.63, 3.8) is 0 Å². The number of fused-ring (bicyclic) bond motifs is 1. The number of hydrogen-bond donors (Lipinski definition) is 1. The Morgan fingerprint density at radius 2 is 1.71 bits per heavy atom. The van der Waals surface area contributed by atoms with Crippen LogP contribution in [0.4, 0.5) is 11.5 Å². The van der Waals surface area contributed by atoms with Gasteiger partial charge in [-0.15, -0.1) is 0 Å². The van der Waals surface area contributed by atoms with Crippen molar-refractivity contribution in [2.45, 2.75) is 17.7 Å². The molecule has 1 aromatic carbocycles. The van der Waals surface area contributed by atoms with Gasteiger partial charge in [0.1, 0.15) is 12.1 Å². The monoisotopic (exact) mass is 484 g/mol. The molecule has 34 heavy (non-hydrogen) atoms. The molecule has 0 atom stereocenters. The Balaban J connectivity index is 1.15. The van der Waals surface area contributed by atoms with Gasteiger partial charge in [-0.25, -0.2) is 18.4 Å². The SMILES string of the molecule is Cn1ncc2c(N3CCN(CC(=O)Nc4ccc(S(=O)(=O)N5CCCC5)cc4)CC3)ncnc21. The van der Waals surface area contributed by atoms with Crippen LogP contribution in [0.25, 0.3) is 11.0 Å². The number of aryl methyl sites for hydroxylation is 1. The minimum Gasteiger partial charge on any atom is -0.353 e. The van der Waals surface area contributed by atoms with Crippen molar-refractivity contribution >= 4 is 38.5 Å². The van der Waals surface area contributed by atoms with Gasteiger partial charge in [0, 0.05) is 52.0 Å². The minimum absolute atomic E-state index is 0.125. The highest BCUT2D eigenvalue weighted by atomic mass is 32.2. The zero-order valence-electron chi connectivity index (χ0n) is 19.1. The molecule has 180 valence electrons. The zero-order valence-corrected chi connectivity index (χ0v) is 19.9. The molecule has 2 fully saturated rings. The third-order valence-electron chi connectivity index (χ3n) is 6.39. The van der Waals surface area contributed by atoms with Crippen molar-refractivity contribution in [1.29, 1.82) is 0 Å². The number of aromatic nitrogens is 4. The van der Waals surface area contributed by atoms with Crippen LogP contribution in [0, 0.1) is 0 Å². The largest absolute Gasteiger partial charge is 0.353 e. The number of anilines is 2. The second-order valence-corrected chi connectivity index (χ2v) is 10.6. The number of nitrogens with zero attached hydrogens (tertiary/aromatic N) is 7. The van der Waals surface area contributed by atoms with Gasteiger partial charge < -0.3 is 10.2 Å². The number of hydrogen-bond acceptors (Lipinski definition) is 8. The summed E-state index contributed by atoms with van der Waals surface area (Å²) >= 11 is 0. The second kappa shape index (κ2) is 9.28. The standard InChI is InChI=1S/C22H28N8O3S/c1-27-21-19(14-25-27)22(24-16-23-21)29-12-10-28(11-13-29)15-20(31)26-17-4-6-18(7-5-17)34(32,33)30-8-2-3-9-30/h4-7,14,16H,2-3,8-13,15H2,1H3,(H,26,31). The lowest BCUT2D eigenvalue weighted by Gasteiger charge is -2.35. The Morgan fingerprint density at radius 3 is 2.41 bits per heavy atom. The molecule has 1 amide bonds. The van der Waals surface area contributed by atoms with Gasteiger partial charge in [0.25, 0.3) is 0 Å². The molecule has 2 aliphatic rings. The van der Waals surface area contributed by atoms with Crippen LogP contribution in [0.3, 0.4) is 0 Å². The molecule has 12 heteroatoms. The molecule has 0 radical (unpaired) electrons. The van der Waals surface area contributed by atoms with Crippen LogP contribution in [-0.2, 0) is 21.9 Å². The smallest absolute Gasteiger partial charge is 0.243 e. The number of rotatable bonds is 6. The summed E-state index contributed by atoms with van der Waals surface area (Å²) in [5.41, 5.74) is 1.38. The van der Waals surface area contributed by atoms with Crippen LogP contribution in [0.5, 0.6) is 0 Å². The zero-order chi connectivity index (χ0) is 23.7. The summed E-state index contributed by atoms with van der Waals surface area (Å²) in [5, 5.41) is 8.07. The Hall–Kier alpha value is -3.09. The van der Waals surface area contributed by atoms with Crippen LogP contribution < -0.4 is 10.2 Å². The highest BCUT2D eigenvalue weighted by molar-refractivity contribution is 7.89. The Labute approximate surface area is 198 Å². The number of nitrogens with one attached hydrogen (secondary N) is 1. The van der Waals surface area contributed by atoms with Gasteiger partial charge in [-0.05, 0) is 37.1 Å². The molecule has 2 aliphatic heterocycles. The highest BCUT2D eigenvalue weighted by Crippen LogP contribution is 2.24. The summed E-state index contributed by atoms with van der Waals surface area (Å²) in [6, 6.07) is 6.41. The summed E-state index contributed by atoms with van der Waals surface area (Å²) in [6.07, 6.45) is 5.13. The molecule has 4 heterocycles. The summed E-state index contributed by atoms with van der Waals surface area (Å²) in [5.74, 6) is 0.742. The maximum Gasteiger partial charge on any atom is 0.243 e. The van der Waals surface area contributed by atoms with E-state index in [4.69, 9.17) is 0 Å². The van der Waals surface area contributed by atoms with E-state index >= 15 is 0 Å². The van der Waals surface area contributed by atoms with E-state index in [9.17, 15) is 13.2 Å². The van der Waals surface area contributed by atoms with Crippen LogP contribution in [-0.4, -0.2) is 89.1 Å². The van der Waals surface area contributed by atoms with E-state index < -0.39 is 10.0 Å². The highest BCUT2D eigenvalue weighted by Gasteiger charge is 2.27. The first-order chi connectivity index (χ1) is 16.4. The van der Waals surface area contributed by atoms with E-state index in [1.807, 2.05) is 7.05 Å². The molecule has 0 bridgehead atoms. The van der Waals surface area contributed by atoms with Gasteiger partial charge in [0.2, 0.25) is 15.9 Å². The van der Waals surface area contributed by atoms with E-state index in [0.29, 0.717) is 18.8 Å². The Bertz CT molecular complexity index is 1280. The van der Waals surface area contributed by atoms with Crippen molar-refractivity contribution in [3.8, 4) is 0 Å². The van der Waals surface area contributed by atoms with Gasteiger partial charge >= 0.3 is 0 Å². The summed E-state index contributed by atoms with van der Waals surface area (Å²) in [7, 11) is -1.60. The number of amides is 1. The lowest BCUT2D eigenvalue weighted by Crippen LogP contribution is -2.49. The van der Waals surface area contributed by atoms with Gasteiger partial charge in [-0.1, -0.05) is 0 Å². The first-order valence-electron chi connectivity index (χ1n) is 11.4. The fourth-order valence-electron chi connectivity index (χ4n) is 4.51. The molecule has 0 aliphatic carbocycles. The minimum atomic E-state index is -3.45. The van der Waals surface area contributed by atoms with Crippen LogP contribution in [0.2, 0.25) is 0 Å². The van der Waals surface area contributed by atoms with E-state index in [0.717, 1.165) is 55.9 Å². The lowest BCUT2D eigenvalue weighted by atomic mass is 10.2. The molecule has 3 aromatic rings. The molecule has 0 saturated carbocycles. The number of carbonyl (C=O) groups is 1. The third kappa shape index (κ3) is 4.48. The molecular weight excluding hydrogens is 456 g/mol. The molecule has 11 nitrogen and oxygen atoms in total. The van der Waals surface area contributed by atoms with Crippen molar-refractivity contribution < 1.29 is 13.2 Å². The fourth-order valence-corrected chi connectivity index (χ4v) is 6.03. The fraction of sp³-hybridized carbons (Fsp3) is 0.455. The van der Waals surface area contributed by atoms with Crippen molar-refractivity contribution in [1.82, 2.24) is 29.0 Å². The number of sulfonamides is 1. The van der Waals surface area contributed by atoms with Gasteiger partial charge in [-0.3, -0.25) is 14.4 Å². The van der Waals surface area contributed by atoms with Crippen LogP contribution >= 0.6 is 0 Å². The maximum atomic E-state index is 12.6. The molecule has 2 aromatic heterocycles. The lowest BCUT2D eigenvalue weighted by molar-refractivity contribution is -0.117. The number of piperazine rings is 1. The van der Waals surface area contributed by atoms with Crippen LogP contribution in [0.1, 0.15) is 12.8 Å². The average molecular weight is 485 g/mol. The van der Waals surface area contributed by atoms with Gasteiger partial charge in [-0.2, -0.15) is 9.40 Å². The maximum absolute atomic E-state index is 12.6. The topological polar surface area (TPSA) is 117 Å². The average Bonchev–Trinajstić information content (AvgIpc) is 3.51. The first kappa shape index (κ1) is 22.7. The molecular formula is C22H28N8O3S. The summed E-state index contributed by atoms with van der Waals surface area (Å²) in [4.78, 5) is 25.9. The van der Waals surface area contributed by atoms with E-state index in [2.05, 4.69) is 30.2 Å². The normalized spacial score (nSPS) is 18.0. The van der Waals surface area contributed by atoms with E-state index in [1.165, 1.54) is 4.31 Å². The quantitative estimate of drug-likeness (QED) is 0.549. The Morgan fingerprint density at radius 1 is 1.00 bits per heavy atom. The third-order valence-corrected chi connectivity index (χ3v) is 8.30. The van der Waals surface area contributed by atoms with Crippen molar-refractivity contribution in [3.05, 3.63) is 36.8 Å². The molecule has 1 N–H and O–H groups in total. The molecule has 2 saturated heterocycles.